The topological polar surface area (TPSA) is 110 Å². The summed E-state index contributed by atoms with van der Waals surface area (Å²) >= 11 is 0. The van der Waals surface area contributed by atoms with Crippen LogP contribution in [0.4, 0.5) is 5.69 Å². The van der Waals surface area contributed by atoms with Gasteiger partial charge in [-0.2, -0.15) is 5.10 Å². The summed E-state index contributed by atoms with van der Waals surface area (Å²) in [4.78, 5) is 21.2. The normalized spacial score (nSPS) is 12.1. The number of nitro groups is 1. The van der Waals surface area contributed by atoms with Crippen LogP contribution in [-0.4, -0.2) is 38.4 Å². The zero-order valence-corrected chi connectivity index (χ0v) is 9.37. The highest BCUT2D eigenvalue weighted by molar-refractivity contribution is 5.75. The van der Waals surface area contributed by atoms with E-state index in [1.807, 2.05) is 0 Å². The van der Waals surface area contributed by atoms with Gasteiger partial charge in [-0.1, -0.05) is 6.92 Å². The van der Waals surface area contributed by atoms with Crippen molar-refractivity contribution in [1.29, 1.82) is 0 Å². The average Bonchev–Trinajstić information content (AvgIpc) is 2.74. The van der Waals surface area contributed by atoms with Gasteiger partial charge in [-0.15, -0.1) is 0 Å². The van der Waals surface area contributed by atoms with Gasteiger partial charge in [0.2, 0.25) is 5.91 Å². The third-order valence-electron chi connectivity index (χ3n) is 2.14. The van der Waals surface area contributed by atoms with Crippen molar-refractivity contribution in [2.45, 2.75) is 26.0 Å². The van der Waals surface area contributed by atoms with Gasteiger partial charge in [0.1, 0.15) is 18.9 Å². The van der Waals surface area contributed by atoms with E-state index in [2.05, 4.69) is 10.4 Å². The Morgan fingerprint density at radius 2 is 2.47 bits per heavy atom. The zero-order chi connectivity index (χ0) is 12.8. The molecule has 0 spiro atoms. The molecule has 0 aliphatic carbocycles. The summed E-state index contributed by atoms with van der Waals surface area (Å²) in [6, 6.07) is 0. The van der Waals surface area contributed by atoms with E-state index >= 15 is 0 Å². The van der Waals surface area contributed by atoms with Gasteiger partial charge in [-0.3, -0.25) is 19.6 Å². The van der Waals surface area contributed by atoms with Crippen molar-refractivity contribution in [3.63, 3.8) is 0 Å². The molecule has 1 unspecified atom stereocenters. The first-order valence-corrected chi connectivity index (χ1v) is 5.14. The molecular formula is C9H14N4O4. The summed E-state index contributed by atoms with van der Waals surface area (Å²) in [5.41, 5.74) is -0.161. The van der Waals surface area contributed by atoms with E-state index in [1.54, 1.807) is 6.92 Å². The number of aliphatic hydroxyl groups excluding tert-OH is 1. The number of aromatic nitrogens is 2. The molecule has 0 aliphatic rings. The summed E-state index contributed by atoms with van der Waals surface area (Å²) in [6.45, 7) is 1.86. The smallest absolute Gasteiger partial charge is 0.307 e. The fourth-order valence-corrected chi connectivity index (χ4v) is 1.11. The Labute approximate surface area is 97.4 Å². The van der Waals surface area contributed by atoms with Gasteiger partial charge in [0, 0.05) is 6.54 Å². The van der Waals surface area contributed by atoms with Crippen LogP contribution in [0.3, 0.4) is 0 Å². The number of rotatable bonds is 6. The van der Waals surface area contributed by atoms with E-state index in [0.29, 0.717) is 6.42 Å². The second-order valence-corrected chi connectivity index (χ2v) is 3.52. The molecule has 1 aromatic heterocycles. The number of nitrogens with one attached hydrogen (secondary N) is 1. The molecule has 17 heavy (non-hydrogen) atoms. The minimum atomic E-state index is -0.581. The van der Waals surface area contributed by atoms with Crippen LogP contribution in [0.2, 0.25) is 0 Å². The fourth-order valence-electron chi connectivity index (χ4n) is 1.11. The molecule has 0 fully saturated rings. The van der Waals surface area contributed by atoms with Gasteiger partial charge in [0.15, 0.2) is 0 Å². The van der Waals surface area contributed by atoms with Crippen molar-refractivity contribution in [1.82, 2.24) is 15.1 Å². The van der Waals surface area contributed by atoms with Gasteiger partial charge < -0.3 is 10.4 Å². The molecule has 0 saturated heterocycles. The Bertz CT molecular complexity index is 403. The van der Waals surface area contributed by atoms with Crippen LogP contribution in [0, 0.1) is 10.1 Å². The van der Waals surface area contributed by atoms with Crippen molar-refractivity contribution in [2.75, 3.05) is 6.54 Å². The van der Waals surface area contributed by atoms with Gasteiger partial charge in [-0.25, -0.2) is 0 Å². The first-order chi connectivity index (χ1) is 8.02. The number of hydrogen-bond donors (Lipinski definition) is 2. The molecule has 1 rings (SSSR count). The maximum absolute atomic E-state index is 11.4. The molecule has 0 radical (unpaired) electrons. The Balaban J connectivity index is 2.42. The number of aliphatic hydroxyl groups is 1. The standard InChI is InChI=1S/C9H14N4O4/c1-2-8(14)4-10-9(15)6-12-5-7(3-11-12)13(16)17/h3,5,8,14H,2,4,6H2,1H3,(H,10,15). The Morgan fingerprint density at radius 3 is 3.00 bits per heavy atom. The molecule has 0 aromatic carbocycles. The van der Waals surface area contributed by atoms with Crippen molar-refractivity contribution >= 4 is 11.6 Å². The monoisotopic (exact) mass is 242 g/mol. The third kappa shape index (κ3) is 4.19. The number of amides is 1. The lowest BCUT2D eigenvalue weighted by atomic mass is 10.3. The quantitative estimate of drug-likeness (QED) is 0.524. The number of carbonyl (C=O) groups is 1. The summed E-state index contributed by atoms with van der Waals surface area (Å²) < 4.78 is 1.17. The lowest BCUT2D eigenvalue weighted by molar-refractivity contribution is -0.385. The van der Waals surface area contributed by atoms with Crippen LogP contribution in [0.1, 0.15) is 13.3 Å². The highest BCUT2D eigenvalue weighted by Gasteiger charge is 2.11. The molecule has 1 atom stereocenters. The Morgan fingerprint density at radius 1 is 1.76 bits per heavy atom. The molecular weight excluding hydrogens is 228 g/mol. The van der Waals surface area contributed by atoms with Crippen molar-refractivity contribution < 1.29 is 14.8 Å². The molecule has 1 aromatic rings. The minimum Gasteiger partial charge on any atom is -0.391 e. The highest BCUT2D eigenvalue weighted by atomic mass is 16.6. The predicted octanol–water partition coefficient (Wildman–Crippen LogP) is -0.322. The molecule has 2 N–H and O–H groups in total. The third-order valence-corrected chi connectivity index (χ3v) is 2.14. The van der Waals surface area contributed by atoms with E-state index in [-0.39, 0.29) is 24.7 Å². The zero-order valence-electron chi connectivity index (χ0n) is 9.37. The first-order valence-electron chi connectivity index (χ1n) is 5.14. The second-order valence-electron chi connectivity index (χ2n) is 3.52. The molecule has 8 heteroatoms. The van der Waals surface area contributed by atoms with Crippen LogP contribution in [0.25, 0.3) is 0 Å². The molecule has 0 aliphatic heterocycles. The molecule has 0 bridgehead atoms. The maximum Gasteiger partial charge on any atom is 0.307 e. The SMILES string of the molecule is CCC(O)CNC(=O)Cn1cc([N+](=O)[O-])cn1. The number of carbonyl (C=O) groups excluding carboxylic acids is 1. The van der Waals surface area contributed by atoms with Crippen molar-refractivity contribution in [3.05, 3.63) is 22.5 Å². The molecule has 8 nitrogen and oxygen atoms in total. The van der Waals surface area contributed by atoms with E-state index in [4.69, 9.17) is 0 Å². The van der Waals surface area contributed by atoms with Crippen LogP contribution in [0.5, 0.6) is 0 Å². The summed E-state index contributed by atoms with van der Waals surface area (Å²) in [5, 5.41) is 25.8. The van der Waals surface area contributed by atoms with Gasteiger partial charge >= 0.3 is 5.69 Å². The van der Waals surface area contributed by atoms with Crippen molar-refractivity contribution in [3.8, 4) is 0 Å². The van der Waals surface area contributed by atoms with Gasteiger partial charge in [-0.05, 0) is 6.42 Å². The molecule has 1 heterocycles. The van der Waals surface area contributed by atoms with Crippen molar-refractivity contribution in [2.24, 2.45) is 0 Å². The Hall–Kier alpha value is -1.96. The molecule has 1 amide bonds. The lowest BCUT2D eigenvalue weighted by Gasteiger charge is -2.09. The van der Waals surface area contributed by atoms with Crippen LogP contribution < -0.4 is 5.32 Å². The summed E-state index contributed by atoms with van der Waals surface area (Å²) in [6.07, 6.45) is 2.23. The summed E-state index contributed by atoms with van der Waals surface area (Å²) in [7, 11) is 0. The average molecular weight is 242 g/mol. The highest BCUT2D eigenvalue weighted by Crippen LogP contribution is 2.07. The van der Waals surface area contributed by atoms with E-state index in [9.17, 15) is 20.0 Å². The van der Waals surface area contributed by atoms with Crippen LogP contribution in [0.15, 0.2) is 12.4 Å². The van der Waals surface area contributed by atoms with E-state index in [0.717, 1.165) is 6.20 Å². The van der Waals surface area contributed by atoms with E-state index in [1.165, 1.54) is 10.9 Å². The molecule has 94 valence electrons. The molecule has 0 saturated carbocycles. The predicted molar refractivity (Wildman–Crippen MR) is 58.2 cm³/mol. The fraction of sp³-hybridized carbons (Fsp3) is 0.556. The second kappa shape index (κ2) is 5.94. The van der Waals surface area contributed by atoms with Gasteiger partial charge in [0.05, 0.1) is 11.0 Å². The first kappa shape index (κ1) is 13.1. The summed E-state index contributed by atoms with van der Waals surface area (Å²) in [5.74, 6) is -0.351. The van der Waals surface area contributed by atoms with Crippen LogP contribution >= 0.6 is 0 Å². The number of hydrogen-bond acceptors (Lipinski definition) is 5. The lowest BCUT2D eigenvalue weighted by Crippen LogP contribution is -2.34. The number of nitrogens with zero attached hydrogens (tertiary/aromatic N) is 3. The largest absolute Gasteiger partial charge is 0.391 e. The van der Waals surface area contributed by atoms with Crippen LogP contribution in [-0.2, 0) is 11.3 Å². The van der Waals surface area contributed by atoms with E-state index < -0.39 is 11.0 Å². The minimum absolute atomic E-state index is 0.107. The Kier molecular flexibility index (Phi) is 4.58. The van der Waals surface area contributed by atoms with Gasteiger partial charge in [0.25, 0.3) is 0 Å². The maximum atomic E-state index is 11.4.